The van der Waals surface area contributed by atoms with Gasteiger partial charge in [0.25, 0.3) is 0 Å². The van der Waals surface area contributed by atoms with Crippen molar-refractivity contribution in [3.8, 4) is 11.5 Å². The summed E-state index contributed by atoms with van der Waals surface area (Å²) < 4.78 is 0. The molecule has 1 heterocycles. The Bertz CT molecular complexity index is 3150. The van der Waals surface area contributed by atoms with Gasteiger partial charge in [-0.3, -0.25) is 57.5 Å². The number of nitrogens with two attached hydrogens (primary N) is 2. The van der Waals surface area contributed by atoms with Gasteiger partial charge in [-0.1, -0.05) is 82.3 Å². The Kier molecular flexibility index (Phi) is 30.9. The maximum Gasteiger partial charge on any atom is 0.326 e. The molecule has 32 nitrogen and oxygen atoms in total. The normalized spacial score (nSPS) is 16.3. The molecule has 0 unspecified atom stereocenters. The number of primary amides is 1. The molecule has 1 fully saturated rings. The summed E-state index contributed by atoms with van der Waals surface area (Å²) in [5, 5.41) is 92.8. The molecule has 0 aromatic heterocycles. The fourth-order valence-corrected chi connectivity index (χ4v) is 10.2. The molecule has 95 heavy (non-hydrogen) atoms. The number of nitrogens with one attached hydrogen (secondary N) is 9. The van der Waals surface area contributed by atoms with Gasteiger partial charge in [-0.15, -0.1) is 0 Å². The van der Waals surface area contributed by atoms with Crippen LogP contribution in [0.5, 0.6) is 11.5 Å². The summed E-state index contributed by atoms with van der Waals surface area (Å²) in [6.45, 7) is 5.91. The number of phenols is 2. The molecule has 1 aliphatic heterocycles. The Morgan fingerprint density at radius 1 is 0.505 bits per heavy atom. The van der Waals surface area contributed by atoms with Crippen molar-refractivity contribution in [2.75, 3.05) is 19.8 Å². The van der Waals surface area contributed by atoms with E-state index in [9.17, 15) is 98.1 Å². The Labute approximate surface area is 547 Å². The minimum Gasteiger partial charge on any atom is -0.508 e. The van der Waals surface area contributed by atoms with Crippen molar-refractivity contribution in [3.63, 3.8) is 0 Å². The van der Waals surface area contributed by atoms with Crippen LogP contribution in [-0.4, -0.2) is 210 Å². The average Bonchev–Trinajstić information content (AvgIpc) is 1.78. The van der Waals surface area contributed by atoms with Crippen molar-refractivity contribution in [2.24, 2.45) is 23.3 Å². The van der Waals surface area contributed by atoms with E-state index >= 15 is 0 Å². The molecule has 1 aliphatic rings. The van der Waals surface area contributed by atoms with Gasteiger partial charge in [0.15, 0.2) is 0 Å². The zero-order valence-corrected chi connectivity index (χ0v) is 53.3. The molecule has 32 heteroatoms. The Morgan fingerprint density at radius 2 is 0.926 bits per heavy atom. The number of phenolic OH excluding ortho intramolecular Hbond substituents is 2. The number of carbonyl (C=O) groups is 13. The van der Waals surface area contributed by atoms with E-state index in [4.69, 9.17) is 11.5 Å². The summed E-state index contributed by atoms with van der Waals surface area (Å²) in [5.41, 5.74) is 12.7. The minimum atomic E-state index is -1.88. The van der Waals surface area contributed by atoms with Crippen LogP contribution in [0.4, 0.5) is 0 Å². The SMILES string of the molecule is CC(C)C[C@H](NC(=O)[C@H](CC(N)=O)NC(=O)[C@H](CCC(=O)O)NC(=O)[C@H](Cc1ccc(O)cc1)NC(=O)[C@H](Cc1ccc(O)cc1)NC(=O)[C@H](CO)NC(=O)[C@@H]1CCCN1C(=O)[C@H](CO)NC(=O)[C@@H](NC(=O)[C@H](Cc1ccccc1)NC(=O)[C@@H](N)CC(C)C)[C@@H](C)O)C(=O)O. The summed E-state index contributed by atoms with van der Waals surface area (Å²) in [7, 11) is 0. The van der Waals surface area contributed by atoms with Crippen LogP contribution in [-0.2, 0) is 81.6 Å². The number of hydrogen-bond donors (Lipinski definition) is 18. The predicted molar refractivity (Wildman–Crippen MR) is 337 cm³/mol. The quantitative estimate of drug-likeness (QED) is 0.0261. The number of likely N-dealkylation sites (tertiary alicyclic amines) is 1. The molecule has 0 radical (unpaired) electrons. The van der Waals surface area contributed by atoms with Crippen LogP contribution in [0.2, 0.25) is 0 Å². The number of benzene rings is 3. The molecule has 0 aliphatic carbocycles. The molecule has 1 saturated heterocycles. The van der Waals surface area contributed by atoms with Crippen LogP contribution in [0.15, 0.2) is 78.9 Å². The van der Waals surface area contributed by atoms with E-state index in [1.54, 1.807) is 44.2 Å². The van der Waals surface area contributed by atoms with Gasteiger partial charge in [0.2, 0.25) is 65.0 Å². The van der Waals surface area contributed by atoms with Gasteiger partial charge < -0.3 is 100.0 Å². The highest BCUT2D eigenvalue weighted by Gasteiger charge is 2.41. The van der Waals surface area contributed by atoms with E-state index in [2.05, 4.69) is 47.9 Å². The maximum atomic E-state index is 14.6. The van der Waals surface area contributed by atoms with Crippen molar-refractivity contribution in [1.29, 1.82) is 0 Å². The Morgan fingerprint density at radius 3 is 1.39 bits per heavy atom. The van der Waals surface area contributed by atoms with Crippen molar-refractivity contribution in [2.45, 2.75) is 171 Å². The second-order valence-corrected chi connectivity index (χ2v) is 24.0. The Balaban J connectivity index is 1.58. The molecule has 0 spiro atoms. The van der Waals surface area contributed by atoms with E-state index in [-0.39, 0.29) is 73.1 Å². The molecule has 0 bridgehead atoms. The van der Waals surface area contributed by atoms with Crippen LogP contribution >= 0.6 is 0 Å². The van der Waals surface area contributed by atoms with Crippen LogP contribution in [0.25, 0.3) is 0 Å². The number of carbonyl (C=O) groups excluding carboxylic acids is 11. The number of aliphatic hydroxyl groups excluding tert-OH is 3. The van der Waals surface area contributed by atoms with Gasteiger partial charge in [-0.05, 0) is 91.8 Å². The predicted octanol–water partition coefficient (Wildman–Crippen LogP) is -3.91. The fourth-order valence-electron chi connectivity index (χ4n) is 10.2. The third-order valence-corrected chi connectivity index (χ3v) is 15.1. The third kappa shape index (κ3) is 25.6. The van der Waals surface area contributed by atoms with Gasteiger partial charge >= 0.3 is 11.9 Å². The van der Waals surface area contributed by atoms with Crippen molar-refractivity contribution in [3.05, 3.63) is 95.6 Å². The molecule has 520 valence electrons. The molecule has 3 aromatic carbocycles. The van der Waals surface area contributed by atoms with E-state index in [0.29, 0.717) is 5.56 Å². The van der Waals surface area contributed by atoms with Gasteiger partial charge in [0.1, 0.15) is 71.9 Å². The van der Waals surface area contributed by atoms with E-state index in [0.717, 1.165) is 4.90 Å². The first-order valence-electron chi connectivity index (χ1n) is 30.8. The van der Waals surface area contributed by atoms with Crippen LogP contribution in [0.3, 0.4) is 0 Å². The monoisotopic (exact) mass is 1330 g/mol. The number of nitrogens with zero attached hydrogens (tertiary/aromatic N) is 1. The average molecular weight is 1330 g/mol. The number of amides is 11. The third-order valence-electron chi connectivity index (χ3n) is 15.1. The van der Waals surface area contributed by atoms with Gasteiger partial charge in [-0.25, -0.2) is 4.79 Å². The molecule has 20 N–H and O–H groups in total. The molecule has 4 rings (SSSR count). The highest BCUT2D eigenvalue weighted by molar-refractivity contribution is 6.00. The van der Waals surface area contributed by atoms with E-state index in [1.807, 2.05) is 13.8 Å². The van der Waals surface area contributed by atoms with Gasteiger partial charge in [0, 0.05) is 32.2 Å². The van der Waals surface area contributed by atoms with Crippen LogP contribution in [0.1, 0.15) is 96.3 Å². The summed E-state index contributed by atoms with van der Waals surface area (Å²) in [5.74, 6) is -15.3. The molecular formula is C63H88N12O20. The number of aromatic hydroxyl groups is 2. The molecule has 12 atom stereocenters. The lowest BCUT2D eigenvalue weighted by atomic mass is 10.0. The maximum absolute atomic E-state index is 14.6. The highest BCUT2D eigenvalue weighted by Crippen LogP contribution is 2.21. The first-order valence-corrected chi connectivity index (χ1v) is 30.8. The molecule has 11 amide bonds. The summed E-state index contributed by atoms with van der Waals surface area (Å²) in [6.07, 6.45) is -4.50. The highest BCUT2D eigenvalue weighted by atomic mass is 16.4. The first kappa shape index (κ1) is 77.7. The second kappa shape index (κ2) is 37.8. The number of carboxylic acids is 2. The zero-order chi connectivity index (χ0) is 70.8. The van der Waals surface area contributed by atoms with Crippen molar-refractivity contribution < 1.29 is 98.1 Å². The minimum absolute atomic E-state index is 0.0283. The van der Waals surface area contributed by atoms with Crippen molar-refractivity contribution >= 4 is 76.9 Å². The summed E-state index contributed by atoms with van der Waals surface area (Å²) >= 11 is 0. The Hall–Kier alpha value is -9.79. The van der Waals surface area contributed by atoms with Crippen LogP contribution in [0, 0.1) is 11.8 Å². The zero-order valence-electron chi connectivity index (χ0n) is 53.3. The number of aliphatic hydroxyl groups is 3. The fraction of sp³-hybridized carbons (Fsp3) is 0.508. The van der Waals surface area contributed by atoms with Gasteiger partial charge in [-0.2, -0.15) is 0 Å². The summed E-state index contributed by atoms with van der Waals surface area (Å²) in [6, 6.07) is 1.25. The van der Waals surface area contributed by atoms with E-state index in [1.165, 1.54) is 55.5 Å². The molecule has 3 aromatic rings. The second-order valence-electron chi connectivity index (χ2n) is 24.0. The van der Waals surface area contributed by atoms with Crippen molar-refractivity contribution in [1.82, 2.24) is 52.8 Å². The molecule has 0 saturated carbocycles. The summed E-state index contributed by atoms with van der Waals surface area (Å²) in [4.78, 5) is 177. The topological polar surface area (TPSA) is 527 Å². The largest absolute Gasteiger partial charge is 0.508 e. The first-order chi connectivity index (χ1) is 44.8. The molecular weight excluding hydrogens is 1240 g/mol. The number of carboxylic acid groups (broad SMARTS) is 2. The van der Waals surface area contributed by atoms with Gasteiger partial charge in [0.05, 0.1) is 31.8 Å². The number of aliphatic carboxylic acids is 2. The smallest absolute Gasteiger partial charge is 0.326 e. The lowest BCUT2D eigenvalue weighted by Crippen LogP contribution is -2.62. The lowest BCUT2D eigenvalue weighted by molar-refractivity contribution is -0.144. The lowest BCUT2D eigenvalue weighted by Gasteiger charge is -2.31. The number of rotatable bonds is 38. The number of hydrogen-bond acceptors (Lipinski definition) is 19. The standard InChI is InChI=1S/C63H88N12O20/c1-32(2)24-40(64)53(84)67-44(26-35-10-7-6-8-11-35)58(89)74-52(34(5)78)61(92)73-48(31-77)62(93)75-23-9-12-49(75)60(91)72-47(30-76)59(90)69-43(28-37-15-19-39(80)20-16-37)56(87)68-42(27-36-13-17-38(79)18-14-36)55(86)66-41(21-22-51(82)83)54(85)70-45(29-50(65)81)57(88)71-46(63(94)95)25-33(3)4/h6-8,10-11,13-20,32-34,40-49,52,76-80H,9,12,21-31,64H2,1-5H3,(H2,65,81)(H,66,86)(H,67,84)(H,68,87)(H,69,90)(H,70,85)(H,71,88)(H,72,91)(H,73,92)(H,74,89)(H,82,83)(H,94,95)/t34-,40+,41+,42+,43+,44+,45+,46+,47+,48+,49+,52+/m1/s1. The van der Waals surface area contributed by atoms with Crippen LogP contribution < -0.4 is 59.3 Å². The van der Waals surface area contributed by atoms with E-state index < -0.39 is 195 Å².